The van der Waals surface area contributed by atoms with Gasteiger partial charge in [-0.15, -0.1) is 0 Å². The minimum atomic E-state index is 0.785. The predicted octanol–water partition coefficient (Wildman–Crippen LogP) is 4.05. The number of rotatable bonds is 2. The molecule has 90 valence electrons. The van der Waals surface area contributed by atoms with Crippen LogP contribution in [0.4, 0.5) is 0 Å². The normalized spacial score (nSPS) is 11.0. The molecule has 2 aromatic heterocycles. The Kier molecular flexibility index (Phi) is 2.80. The fraction of sp³-hybridized carbons (Fsp3) is 0.133. The van der Waals surface area contributed by atoms with E-state index in [2.05, 4.69) is 28.7 Å². The van der Waals surface area contributed by atoms with Crippen molar-refractivity contribution in [1.82, 2.24) is 9.55 Å². The van der Waals surface area contributed by atoms with Crippen LogP contribution in [0.3, 0.4) is 0 Å². The van der Waals surface area contributed by atoms with E-state index in [1.54, 1.807) is 0 Å². The second-order valence-electron chi connectivity index (χ2n) is 4.46. The maximum absolute atomic E-state index is 6.04. The highest BCUT2D eigenvalue weighted by Crippen LogP contribution is 2.25. The average molecular weight is 257 g/mol. The highest BCUT2D eigenvalue weighted by molar-refractivity contribution is 6.31. The van der Waals surface area contributed by atoms with Gasteiger partial charge >= 0.3 is 0 Å². The van der Waals surface area contributed by atoms with Crippen molar-refractivity contribution in [2.45, 2.75) is 13.5 Å². The van der Waals surface area contributed by atoms with E-state index in [0.29, 0.717) is 0 Å². The SMILES string of the molecule is Cc1cn(Cc2ccncc2)c2ccc(Cl)cc12. The Labute approximate surface area is 111 Å². The van der Waals surface area contributed by atoms with Gasteiger partial charge in [0.2, 0.25) is 0 Å². The average Bonchev–Trinajstić information content (AvgIpc) is 2.67. The van der Waals surface area contributed by atoms with Crippen molar-refractivity contribution in [3.8, 4) is 0 Å². The summed E-state index contributed by atoms with van der Waals surface area (Å²) in [5.41, 5.74) is 3.71. The van der Waals surface area contributed by atoms with Gasteiger partial charge in [-0.3, -0.25) is 4.98 Å². The van der Waals surface area contributed by atoms with Crippen LogP contribution < -0.4 is 0 Å². The first kappa shape index (κ1) is 11.3. The van der Waals surface area contributed by atoms with Crippen LogP contribution >= 0.6 is 11.6 Å². The molecule has 0 aliphatic heterocycles. The van der Waals surface area contributed by atoms with Crippen LogP contribution in [0, 0.1) is 6.92 Å². The second kappa shape index (κ2) is 4.46. The van der Waals surface area contributed by atoms with E-state index < -0.39 is 0 Å². The van der Waals surface area contributed by atoms with Crippen molar-refractivity contribution in [2.24, 2.45) is 0 Å². The number of hydrogen-bond acceptors (Lipinski definition) is 1. The first-order valence-corrected chi connectivity index (χ1v) is 6.26. The Morgan fingerprint density at radius 1 is 1.17 bits per heavy atom. The van der Waals surface area contributed by atoms with Gasteiger partial charge in [0, 0.05) is 41.1 Å². The molecule has 0 saturated heterocycles. The standard InChI is InChI=1S/C15H13ClN2/c1-11-9-18(10-12-4-6-17-7-5-12)15-3-2-13(16)8-14(11)15/h2-9H,10H2,1H3. The third kappa shape index (κ3) is 2.00. The molecular weight excluding hydrogens is 244 g/mol. The summed E-state index contributed by atoms with van der Waals surface area (Å²) in [6, 6.07) is 10.1. The first-order chi connectivity index (χ1) is 8.74. The number of aryl methyl sites for hydroxylation is 1. The first-order valence-electron chi connectivity index (χ1n) is 5.88. The van der Waals surface area contributed by atoms with Crippen LogP contribution in [-0.4, -0.2) is 9.55 Å². The van der Waals surface area contributed by atoms with Crippen LogP contribution in [0.25, 0.3) is 10.9 Å². The predicted molar refractivity (Wildman–Crippen MR) is 75.0 cm³/mol. The summed E-state index contributed by atoms with van der Waals surface area (Å²) in [7, 11) is 0. The molecule has 3 rings (SSSR count). The van der Waals surface area contributed by atoms with Gasteiger partial charge in [-0.2, -0.15) is 0 Å². The minimum absolute atomic E-state index is 0.785. The highest BCUT2D eigenvalue weighted by Gasteiger charge is 2.06. The lowest BCUT2D eigenvalue weighted by molar-refractivity contribution is 0.832. The third-order valence-corrected chi connectivity index (χ3v) is 3.38. The maximum Gasteiger partial charge on any atom is 0.0487 e. The molecule has 0 aliphatic carbocycles. The zero-order valence-electron chi connectivity index (χ0n) is 10.1. The van der Waals surface area contributed by atoms with Gasteiger partial charge in [-0.1, -0.05) is 11.6 Å². The molecule has 0 aliphatic rings. The van der Waals surface area contributed by atoms with Gasteiger partial charge in [-0.25, -0.2) is 0 Å². The van der Waals surface area contributed by atoms with E-state index in [9.17, 15) is 0 Å². The molecule has 0 saturated carbocycles. The molecular formula is C15H13ClN2. The van der Waals surface area contributed by atoms with Crippen LogP contribution in [0.15, 0.2) is 48.9 Å². The Hall–Kier alpha value is -1.80. The Bertz CT molecular complexity index is 686. The van der Waals surface area contributed by atoms with E-state index in [4.69, 9.17) is 11.6 Å². The number of aromatic nitrogens is 2. The molecule has 0 fully saturated rings. The lowest BCUT2D eigenvalue weighted by atomic mass is 10.2. The second-order valence-corrected chi connectivity index (χ2v) is 4.89. The largest absolute Gasteiger partial charge is 0.343 e. The smallest absolute Gasteiger partial charge is 0.0487 e. The number of pyridine rings is 1. The maximum atomic E-state index is 6.04. The Morgan fingerprint density at radius 3 is 2.72 bits per heavy atom. The van der Waals surface area contributed by atoms with Gasteiger partial charge in [-0.05, 0) is 48.4 Å². The van der Waals surface area contributed by atoms with Crippen molar-refractivity contribution < 1.29 is 0 Å². The van der Waals surface area contributed by atoms with Crippen molar-refractivity contribution in [3.63, 3.8) is 0 Å². The molecule has 1 aromatic carbocycles. The van der Waals surface area contributed by atoms with E-state index in [1.165, 1.54) is 22.0 Å². The number of halogens is 1. The van der Waals surface area contributed by atoms with Gasteiger partial charge in [0.15, 0.2) is 0 Å². The molecule has 0 unspecified atom stereocenters. The minimum Gasteiger partial charge on any atom is -0.343 e. The molecule has 0 amide bonds. The Morgan fingerprint density at radius 2 is 1.94 bits per heavy atom. The van der Waals surface area contributed by atoms with Crippen LogP contribution in [0.1, 0.15) is 11.1 Å². The molecule has 3 heteroatoms. The van der Waals surface area contributed by atoms with Crippen LogP contribution in [0.5, 0.6) is 0 Å². The van der Waals surface area contributed by atoms with Crippen molar-refractivity contribution >= 4 is 22.5 Å². The van der Waals surface area contributed by atoms with Crippen LogP contribution in [0.2, 0.25) is 5.02 Å². The molecule has 18 heavy (non-hydrogen) atoms. The number of nitrogens with zero attached hydrogens (tertiary/aromatic N) is 2. The molecule has 0 bridgehead atoms. The summed E-state index contributed by atoms with van der Waals surface area (Å²) in [5, 5.41) is 2.00. The summed E-state index contributed by atoms with van der Waals surface area (Å²) in [6.07, 6.45) is 5.82. The molecule has 0 atom stereocenters. The topological polar surface area (TPSA) is 17.8 Å². The third-order valence-electron chi connectivity index (χ3n) is 3.14. The monoisotopic (exact) mass is 256 g/mol. The van der Waals surface area contributed by atoms with Gasteiger partial charge in [0.1, 0.15) is 0 Å². The van der Waals surface area contributed by atoms with Gasteiger partial charge in [0.05, 0.1) is 0 Å². The van der Waals surface area contributed by atoms with Crippen molar-refractivity contribution in [3.05, 3.63) is 65.1 Å². The van der Waals surface area contributed by atoms with Gasteiger partial charge < -0.3 is 4.57 Å². The molecule has 0 spiro atoms. The number of benzene rings is 1. The quantitative estimate of drug-likeness (QED) is 0.676. The fourth-order valence-electron chi connectivity index (χ4n) is 2.26. The number of fused-ring (bicyclic) bond motifs is 1. The summed E-state index contributed by atoms with van der Waals surface area (Å²) < 4.78 is 2.25. The zero-order valence-corrected chi connectivity index (χ0v) is 10.9. The summed E-state index contributed by atoms with van der Waals surface area (Å²) in [5.74, 6) is 0. The van der Waals surface area contributed by atoms with Crippen molar-refractivity contribution in [1.29, 1.82) is 0 Å². The van der Waals surface area contributed by atoms with E-state index >= 15 is 0 Å². The summed E-state index contributed by atoms with van der Waals surface area (Å²) >= 11 is 6.04. The molecule has 2 nitrogen and oxygen atoms in total. The summed E-state index contributed by atoms with van der Waals surface area (Å²) in [6.45, 7) is 2.97. The van der Waals surface area contributed by atoms with E-state index in [1.807, 2.05) is 36.7 Å². The molecule has 3 aromatic rings. The summed E-state index contributed by atoms with van der Waals surface area (Å²) in [4.78, 5) is 4.04. The zero-order chi connectivity index (χ0) is 12.5. The van der Waals surface area contributed by atoms with Crippen molar-refractivity contribution in [2.75, 3.05) is 0 Å². The molecule has 0 N–H and O–H groups in total. The Balaban J connectivity index is 2.08. The van der Waals surface area contributed by atoms with Crippen LogP contribution in [-0.2, 0) is 6.54 Å². The lowest BCUT2D eigenvalue weighted by Crippen LogP contribution is -1.97. The molecule has 2 heterocycles. The van der Waals surface area contributed by atoms with E-state index in [0.717, 1.165) is 11.6 Å². The lowest BCUT2D eigenvalue weighted by Gasteiger charge is -2.05. The molecule has 0 radical (unpaired) electrons. The number of hydrogen-bond donors (Lipinski definition) is 0. The van der Waals surface area contributed by atoms with Gasteiger partial charge in [0.25, 0.3) is 0 Å². The fourth-order valence-corrected chi connectivity index (χ4v) is 2.44. The van der Waals surface area contributed by atoms with E-state index in [-0.39, 0.29) is 0 Å². The highest BCUT2D eigenvalue weighted by atomic mass is 35.5.